The number of allylic oxidation sites excluding steroid dienone is 1. The number of hydrogen-bond acceptors (Lipinski definition) is 3. The Morgan fingerprint density at radius 3 is 2.64 bits per heavy atom. The number of phenolic OH excluding ortho intramolecular Hbond substituents is 1. The second kappa shape index (κ2) is 5.17. The summed E-state index contributed by atoms with van der Waals surface area (Å²) in [6, 6.07) is 7.09. The Morgan fingerprint density at radius 1 is 1.43 bits per heavy atom. The molecule has 0 fully saturated rings. The summed E-state index contributed by atoms with van der Waals surface area (Å²) >= 11 is 0. The Bertz CT molecular complexity index is 304. The molecule has 4 N–H and O–H groups in total. The highest BCUT2D eigenvalue weighted by Gasteiger charge is 1.91. The van der Waals surface area contributed by atoms with Crippen LogP contribution in [0.5, 0.6) is 5.75 Å². The highest BCUT2D eigenvalue weighted by molar-refractivity contribution is 5.25. The summed E-state index contributed by atoms with van der Waals surface area (Å²) in [5.41, 5.74) is 7.57. The first-order valence-electron chi connectivity index (χ1n) is 4.68. The van der Waals surface area contributed by atoms with E-state index >= 15 is 0 Å². The van der Waals surface area contributed by atoms with Crippen molar-refractivity contribution in [3.63, 3.8) is 0 Å². The van der Waals surface area contributed by atoms with E-state index in [0.717, 1.165) is 24.2 Å². The molecule has 0 saturated carbocycles. The molecule has 0 aliphatic carbocycles. The molecule has 0 saturated heterocycles. The first-order chi connectivity index (χ1) is 6.72. The average Bonchev–Trinajstić information content (AvgIpc) is 2.21. The van der Waals surface area contributed by atoms with Crippen molar-refractivity contribution in [3.8, 4) is 5.75 Å². The van der Waals surface area contributed by atoms with Gasteiger partial charge >= 0.3 is 0 Å². The predicted octanol–water partition coefficient (Wildman–Crippen LogP) is 1.69. The van der Waals surface area contributed by atoms with E-state index in [1.165, 1.54) is 0 Å². The van der Waals surface area contributed by atoms with E-state index in [0.29, 0.717) is 0 Å². The third-order valence-electron chi connectivity index (χ3n) is 1.94. The summed E-state index contributed by atoms with van der Waals surface area (Å²) in [5, 5.41) is 12.2. The first-order valence-corrected chi connectivity index (χ1v) is 4.68. The molecule has 1 rings (SSSR count). The largest absolute Gasteiger partial charge is 0.508 e. The van der Waals surface area contributed by atoms with Crippen LogP contribution in [-0.2, 0) is 6.54 Å². The predicted molar refractivity (Wildman–Crippen MR) is 57.5 cm³/mol. The van der Waals surface area contributed by atoms with Gasteiger partial charge in [0.2, 0.25) is 0 Å². The zero-order chi connectivity index (χ0) is 10.4. The van der Waals surface area contributed by atoms with Crippen LogP contribution in [0, 0.1) is 0 Å². The van der Waals surface area contributed by atoms with E-state index in [9.17, 15) is 0 Å². The van der Waals surface area contributed by atoms with E-state index in [-0.39, 0.29) is 5.75 Å². The van der Waals surface area contributed by atoms with Crippen molar-refractivity contribution in [3.05, 3.63) is 41.7 Å². The van der Waals surface area contributed by atoms with Crippen LogP contribution in [0.1, 0.15) is 18.9 Å². The lowest BCUT2D eigenvalue weighted by Crippen LogP contribution is -2.08. The van der Waals surface area contributed by atoms with Crippen LogP contribution >= 0.6 is 0 Å². The molecule has 76 valence electrons. The maximum Gasteiger partial charge on any atom is 0.115 e. The van der Waals surface area contributed by atoms with Gasteiger partial charge in [-0.05, 0) is 24.1 Å². The second-order valence-corrected chi connectivity index (χ2v) is 3.12. The highest BCUT2D eigenvalue weighted by atomic mass is 16.3. The van der Waals surface area contributed by atoms with Crippen molar-refractivity contribution in [1.29, 1.82) is 0 Å². The molecule has 0 atom stereocenters. The van der Waals surface area contributed by atoms with Gasteiger partial charge in [0.05, 0.1) is 0 Å². The lowest BCUT2D eigenvalue weighted by molar-refractivity contribution is 0.475. The quantitative estimate of drug-likeness (QED) is 0.680. The van der Waals surface area contributed by atoms with Crippen LogP contribution < -0.4 is 11.1 Å². The maximum atomic E-state index is 9.06. The Morgan fingerprint density at radius 2 is 2.07 bits per heavy atom. The molecule has 0 amide bonds. The summed E-state index contributed by atoms with van der Waals surface area (Å²) < 4.78 is 0. The Kier molecular flexibility index (Phi) is 3.85. The van der Waals surface area contributed by atoms with Gasteiger partial charge in [-0.1, -0.05) is 19.1 Å². The molecule has 3 heteroatoms. The van der Waals surface area contributed by atoms with Gasteiger partial charge in [0, 0.05) is 18.4 Å². The number of nitrogens with one attached hydrogen (secondary N) is 1. The fourth-order valence-corrected chi connectivity index (χ4v) is 1.02. The fourth-order valence-electron chi connectivity index (χ4n) is 1.02. The Balaban J connectivity index is 2.42. The molecule has 0 radical (unpaired) electrons. The van der Waals surface area contributed by atoms with Gasteiger partial charge in [-0.25, -0.2) is 0 Å². The summed E-state index contributed by atoms with van der Waals surface area (Å²) in [6.07, 6.45) is 2.66. The summed E-state index contributed by atoms with van der Waals surface area (Å²) in [6.45, 7) is 2.73. The topological polar surface area (TPSA) is 58.3 Å². The minimum Gasteiger partial charge on any atom is -0.508 e. The molecule has 0 aromatic heterocycles. The van der Waals surface area contributed by atoms with Crippen LogP contribution in [0.4, 0.5) is 0 Å². The maximum absolute atomic E-state index is 9.06. The van der Waals surface area contributed by atoms with Crippen molar-refractivity contribution in [2.75, 3.05) is 0 Å². The third-order valence-corrected chi connectivity index (χ3v) is 1.94. The van der Waals surface area contributed by atoms with Gasteiger partial charge in [-0.15, -0.1) is 0 Å². The van der Waals surface area contributed by atoms with Gasteiger partial charge in [0.1, 0.15) is 5.75 Å². The van der Waals surface area contributed by atoms with E-state index in [1.54, 1.807) is 12.1 Å². The summed E-state index contributed by atoms with van der Waals surface area (Å²) in [4.78, 5) is 0. The molecule has 0 spiro atoms. The molecular formula is C11H16N2O. The molecule has 14 heavy (non-hydrogen) atoms. The zero-order valence-electron chi connectivity index (χ0n) is 8.33. The molecule has 0 aliphatic heterocycles. The van der Waals surface area contributed by atoms with E-state index < -0.39 is 0 Å². The lowest BCUT2D eigenvalue weighted by atomic mass is 10.2. The molecule has 0 aliphatic rings. The number of nitrogens with two attached hydrogens (primary N) is 1. The zero-order valence-corrected chi connectivity index (χ0v) is 8.33. The monoisotopic (exact) mass is 192 g/mol. The molecule has 1 aromatic rings. The standard InChI is InChI=1S/C11H16N2O/c1-2-10(12)8-13-7-9-3-5-11(14)6-4-9/h3-6,8,13-14H,2,7,12H2,1H3/b10-8-. The van der Waals surface area contributed by atoms with Crippen LogP contribution in [-0.4, -0.2) is 5.11 Å². The number of aromatic hydroxyl groups is 1. The normalized spacial score (nSPS) is 11.4. The van der Waals surface area contributed by atoms with Crippen molar-refractivity contribution in [2.24, 2.45) is 5.73 Å². The summed E-state index contributed by atoms with van der Waals surface area (Å²) in [7, 11) is 0. The van der Waals surface area contributed by atoms with Gasteiger partial charge in [-0.3, -0.25) is 0 Å². The van der Waals surface area contributed by atoms with Crippen LogP contribution in [0.2, 0.25) is 0 Å². The Hall–Kier alpha value is -1.64. The molecular weight excluding hydrogens is 176 g/mol. The van der Waals surface area contributed by atoms with Gasteiger partial charge in [0.25, 0.3) is 0 Å². The lowest BCUT2D eigenvalue weighted by Gasteiger charge is -2.02. The minimum atomic E-state index is 0.289. The number of rotatable bonds is 4. The van der Waals surface area contributed by atoms with E-state index in [2.05, 4.69) is 5.32 Å². The van der Waals surface area contributed by atoms with Crippen LogP contribution in [0.3, 0.4) is 0 Å². The minimum absolute atomic E-state index is 0.289. The second-order valence-electron chi connectivity index (χ2n) is 3.12. The molecule has 0 heterocycles. The SMILES string of the molecule is CC/C(N)=C/NCc1ccc(O)cc1. The molecule has 0 bridgehead atoms. The van der Waals surface area contributed by atoms with E-state index in [1.807, 2.05) is 25.3 Å². The van der Waals surface area contributed by atoms with Crippen molar-refractivity contribution >= 4 is 0 Å². The van der Waals surface area contributed by atoms with E-state index in [4.69, 9.17) is 10.8 Å². The average molecular weight is 192 g/mol. The van der Waals surface area contributed by atoms with Gasteiger partial charge in [0.15, 0.2) is 0 Å². The number of hydrogen-bond donors (Lipinski definition) is 3. The fraction of sp³-hybridized carbons (Fsp3) is 0.273. The van der Waals surface area contributed by atoms with Gasteiger partial charge < -0.3 is 16.2 Å². The number of benzene rings is 1. The van der Waals surface area contributed by atoms with Crippen molar-refractivity contribution in [2.45, 2.75) is 19.9 Å². The summed E-state index contributed by atoms with van der Waals surface area (Å²) in [5.74, 6) is 0.289. The van der Waals surface area contributed by atoms with Gasteiger partial charge in [-0.2, -0.15) is 0 Å². The highest BCUT2D eigenvalue weighted by Crippen LogP contribution is 2.09. The molecule has 0 unspecified atom stereocenters. The Labute approximate surface area is 84.3 Å². The molecule has 1 aromatic carbocycles. The van der Waals surface area contributed by atoms with Crippen LogP contribution in [0.15, 0.2) is 36.2 Å². The first kappa shape index (κ1) is 10.4. The number of phenols is 1. The van der Waals surface area contributed by atoms with Crippen molar-refractivity contribution in [1.82, 2.24) is 5.32 Å². The van der Waals surface area contributed by atoms with Crippen LogP contribution in [0.25, 0.3) is 0 Å². The molecule has 3 nitrogen and oxygen atoms in total. The third kappa shape index (κ3) is 3.39. The smallest absolute Gasteiger partial charge is 0.115 e. The van der Waals surface area contributed by atoms with Crippen molar-refractivity contribution < 1.29 is 5.11 Å².